The van der Waals surface area contributed by atoms with Crippen LogP contribution in [0.25, 0.3) is 0 Å². The molecular formula is C12H11FN2O2S. The van der Waals surface area contributed by atoms with Crippen LogP contribution in [0.15, 0.2) is 45.3 Å². The lowest BCUT2D eigenvalue weighted by Crippen LogP contribution is -2.05. The standard InChI is InChI=1S/C12H11FN2O2S/c1-7(16)9-6-8(13)2-3-10(9)18-12-14-5-4-11(17)15-12/h2-7,16H,1H3,(H,14,15,17)/t7-/m1/s1. The summed E-state index contributed by atoms with van der Waals surface area (Å²) < 4.78 is 13.1. The molecule has 1 aromatic heterocycles. The smallest absolute Gasteiger partial charge is 0.251 e. The van der Waals surface area contributed by atoms with Gasteiger partial charge in [-0.15, -0.1) is 0 Å². The molecule has 0 fully saturated rings. The van der Waals surface area contributed by atoms with Gasteiger partial charge in [-0.05, 0) is 30.7 Å². The van der Waals surface area contributed by atoms with Gasteiger partial charge in [0.1, 0.15) is 5.82 Å². The van der Waals surface area contributed by atoms with Gasteiger partial charge < -0.3 is 10.1 Å². The summed E-state index contributed by atoms with van der Waals surface area (Å²) in [5.41, 5.74) is 0.208. The Labute approximate surface area is 107 Å². The molecule has 0 aliphatic rings. The number of aliphatic hydroxyl groups excluding tert-OH is 1. The highest BCUT2D eigenvalue weighted by Crippen LogP contribution is 2.31. The first-order chi connectivity index (χ1) is 8.56. The van der Waals surface area contributed by atoms with Crippen molar-refractivity contribution in [3.8, 4) is 0 Å². The van der Waals surface area contributed by atoms with Gasteiger partial charge >= 0.3 is 0 Å². The SMILES string of the molecule is C[C@@H](O)c1cc(F)ccc1Sc1nccc(=O)[nH]1. The van der Waals surface area contributed by atoms with E-state index in [4.69, 9.17) is 0 Å². The summed E-state index contributed by atoms with van der Waals surface area (Å²) in [6.45, 7) is 1.56. The molecule has 0 aliphatic heterocycles. The second kappa shape index (κ2) is 5.32. The van der Waals surface area contributed by atoms with Gasteiger partial charge in [-0.25, -0.2) is 9.37 Å². The van der Waals surface area contributed by atoms with E-state index in [1.54, 1.807) is 13.0 Å². The van der Waals surface area contributed by atoms with Crippen LogP contribution in [-0.2, 0) is 0 Å². The number of nitrogens with zero attached hydrogens (tertiary/aromatic N) is 1. The molecule has 0 amide bonds. The lowest BCUT2D eigenvalue weighted by molar-refractivity contribution is 0.196. The van der Waals surface area contributed by atoms with Crippen LogP contribution in [0, 0.1) is 5.82 Å². The topological polar surface area (TPSA) is 66.0 Å². The van der Waals surface area contributed by atoms with E-state index in [9.17, 15) is 14.3 Å². The number of halogens is 1. The van der Waals surface area contributed by atoms with Gasteiger partial charge in [0.25, 0.3) is 5.56 Å². The van der Waals surface area contributed by atoms with Crippen molar-refractivity contribution in [3.63, 3.8) is 0 Å². The highest BCUT2D eigenvalue weighted by atomic mass is 32.2. The maximum absolute atomic E-state index is 13.1. The summed E-state index contributed by atoms with van der Waals surface area (Å²) in [5, 5.41) is 9.99. The van der Waals surface area contributed by atoms with Gasteiger partial charge in [-0.1, -0.05) is 11.8 Å². The van der Waals surface area contributed by atoms with Crippen molar-refractivity contribution in [1.29, 1.82) is 0 Å². The molecule has 1 aromatic carbocycles. The van der Waals surface area contributed by atoms with Gasteiger partial charge in [-0.2, -0.15) is 0 Å². The first-order valence-corrected chi connectivity index (χ1v) is 6.08. The number of benzene rings is 1. The molecule has 18 heavy (non-hydrogen) atoms. The van der Waals surface area contributed by atoms with Gasteiger partial charge in [0.2, 0.25) is 0 Å². The van der Waals surface area contributed by atoms with Gasteiger partial charge in [-0.3, -0.25) is 4.79 Å². The lowest BCUT2D eigenvalue weighted by atomic mass is 10.1. The minimum absolute atomic E-state index is 0.256. The third-order valence-corrected chi connectivity index (χ3v) is 3.27. The summed E-state index contributed by atoms with van der Waals surface area (Å²) in [6, 6.07) is 5.43. The normalized spacial score (nSPS) is 12.4. The number of aliphatic hydroxyl groups is 1. The molecule has 94 valence electrons. The minimum Gasteiger partial charge on any atom is -0.389 e. The molecule has 0 radical (unpaired) electrons. The van der Waals surface area contributed by atoms with E-state index in [2.05, 4.69) is 9.97 Å². The van der Waals surface area contributed by atoms with E-state index in [0.29, 0.717) is 15.6 Å². The number of hydrogen-bond donors (Lipinski definition) is 2. The van der Waals surface area contributed by atoms with Crippen LogP contribution in [0.1, 0.15) is 18.6 Å². The Morgan fingerprint density at radius 2 is 2.22 bits per heavy atom. The van der Waals surface area contributed by atoms with Gasteiger partial charge in [0.15, 0.2) is 5.16 Å². The maximum atomic E-state index is 13.1. The molecule has 0 saturated heterocycles. The Kier molecular flexibility index (Phi) is 3.78. The van der Waals surface area contributed by atoms with Crippen LogP contribution >= 0.6 is 11.8 Å². The lowest BCUT2D eigenvalue weighted by Gasteiger charge is -2.10. The van der Waals surface area contributed by atoms with Crippen LogP contribution in [0.5, 0.6) is 0 Å². The molecule has 6 heteroatoms. The zero-order chi connectivity index (χ0) is 13.1. The molecule has 1 atom stereocenters. The van der Waals surface area contributed by atoms with Gasteiger partial charge in [0.05, 0.1) is 6.10 Å². The van der Waals surface area contributed by atoms with E-state index in [1.165, 1.54) is 36.2 Å². The second-order valence-corrected chi connectivity index (χ2v) is 4.73. The zero-order valence-corrected chi connectivity index (χ0v) is 10.4. The van der Waals surface area contributed by atoms with Crippen molar-refractivity contribution in [1.82, 2.24) is 9.97 Å². The average Bonchev–Trinajstić information content (AvgIpc) is 2.31. The third kappa shape index (κ3) is 2.96. The van der Waals surface area contributed by atoms with Crippen molar-refractivity contribution < 1.29 is 9.50 Å². The summed E-state index contributed by atoms with van der Waals surface area (Å²) in [5.74, 6) is -0.412. The van der Waals surface area contributed by atoms with E-state index in [0.717, 1.165) is 0 Å². The van der Waals surface area contributed by atoms with Crippen LogP contribution in [-0.4, -0.2) is 15.1 Å². The molecule has 0 aliphatic carbocycles. The molecule has 0 bridgehead atoms. The predicted octanol–water partition coefficient (Wildman–Crippen LogP) is 2.11. The molecule has 2 aromatic rings. The number of rotatable bonds is 3. The second-order valence-electron chi connectivity index (χ2n) is 3.70. The van der Waals surface area contributed by atoms with Crippen molar-refractivity contribution >= 4 is 11.8 Å². The maximum Gasteiger partial charge on any atom is 0.251 e. The predicted molar refractivity (Wildman–Crippen MR) is 66.0 cm³/mol. The molecule has 0 saturated carbocycles. The molecule has 2 rings (SSSR count). The zero-order valence-electron chi connectivity index (χ0n) is 9.55. The van der Waals surface area contributed by atoms with Crippen molar-refractivity contribution in [2.45, 2.75) is 23.1 Å². The van der Waals surface area contributed by atoms with Crippen molar-refractivity contribution in [2.75, 3.05) is 0 Å². The first-order valence-electron chi connectivity index (χ1n) is 5.27. The molecule has 1 heterocycles. The number of nitrogens with one attached hydrogen (secondary N) is 1. The number of aromatic nitrogens is 2. The molecule has 2 N–H and O–H groups in total. The van der Waals surface area contributed by atoms with E-state index in [-0.39, 0.29) is 5.56 Å². The summed E-state index contributed by atoms with van der Waals surface area (Å²) in [7, 11) is 0. The third-order valence-electron chi connectivity index (χ3n) is 2.28. The number of aromatic amines is 1. The summed E-state index contributed by atoms with van der Waals surface area (Å²) >= 11 is 1.17. The highest BCUT2D eigenvalue weighted by molar-refractivity contribution is 7.99. The van der Waals surface area contributed by atoms with Crippen molar-refractivity contribution in [2.24, 2.45) is 0 Å². The number of hydrogen-bond acceptors (Lipinski definition) is 4. The monoisotopic (exact) mass is 266 g/mol. The first kappa shape index (κ1) is 12.8. The molecule has 0 unspecified atom stereocenters. The van der Waals surface area contributed by atoms with Crippen LogP contribution in [0.4, 0.5) is 4.39 Å². The fraction of sp³-hybridized carbons (Fsp3) is 0.167. The van der Waals surface area contributed by atoms with Crippen LogP contribution in [0.3, 0.4) is 0 Å². The highest BCUT2D eigenvalue weighted by Gasteiger charge is 2.11. The molecule has 4 nitrogen and oxygen atoms in total. The summed E-state index contributed by atoms with van der Waals surface area (Å²) in [4.78, 5) is 18.3. The quantitative estimate of drug-likeness (QED) is 0.835. The van der Waals surface area contributed by atoms with Crippen molar-refractivity contribution in [3.05, 3.63) is 52.2 Å². The van der Waals surface area contributed by atoms with E-state index < -0.39 is 11.9 Å². The number of H-pyrrole nitrogens is 1. The van der Waals surface area contributed by atoms with E-state index >= 15 is 0 Å². The Morgan fingerprint density at radius 3 is 2.89 bits per heavy atom. The largest absolute Gasteiger partial charge is 0.389 e. The molecule has 0 spiro atoms. The molecular weight excluding hydrogens is 255 g/mol. The van der Waals surface area contributed by atoms with Crippen LogP contribution in [0.2, 0.25) is 0 Å². The van der Waals surface area contributed by atoms with Crippen LogP contribution < -0.4 is 5.56 Å². The Bertz CT molecular complexity index is 613. The minimum atomic E-state index is -0.793. The fourth-order valence-corrected chi connectivity index (χ4v) is 2.40. The summed E-state index contributed by atoms with van der Waals surface area (Å²) in [6.07, 6.45) is 0.603. The fourth-order valence-electron chi connectivity index (χ4n) is 1.45. The van der Waals surface area contributed by atoms with Gasteiger partial charge in [0, 0.05) is 17.2 Å². The average molecular weight is 266 g/mol. The Morgan fingerprint density at radius 1 is 1.44 bits per heavy atom. The van der Waals surface area contributed by atoms with E-state index in [1.807, 2.05) is 0 Å². The Balaban J connectivity index is 2.37. The Hall–Kier alpha value is -1.66.